The zero-order valence-electron chi connectivity index (χ0n) is 26.5. The molecule has 3 atom stereocenters. The molecule has 4 aliphatic heterocycles. The first-order valence-electron chi connectivity index (χ1n) is 16.1. The Kier molecular flexibility index (Phi) is 4.94. The molecule has 206 valence electrons. The molecule has 0 unspecified atom stereocenters. The van der Waals surface area contributed by atoms with E-state index in [0.717, 1.165) is 29.4 Å². The van der Waals surface area contributed by atoms with Crippen LogP contribution >= 0.6 is 0 Å². The molecule has 3 fully saturated rings. The van der Waals surface area contributed by atoms with Crippen molar-refractivity contribution in [2.24, 2.45) is 0 Å². The molecule has 8 nitrogen and oxygen atoms in total. The maximum absolute atomic E-state index is 15.1. The number of likely N-dealkylation sites (N-methyl/N-ethyl adjacent to an activating group) is 1. The van der Waals surface area contributed by atoms with Crippen molar-refractivity contribution in [2.75, 3.05) is 49.5 Å². The molecule has 39 heavy (non-hydrogen) atoms. The Labute approximate surface area is 233 Å². The highest BCUT2D eigenvalue weighted by molar-refractivity contribution is 5.96. The van der Waals surface area contributed by atoms with Crippen LogP contribution in [-0.4, -0.2) is 77.8 Å². The van der Waals surface area contributed by atoms with Crippen LogP contribution < -0.4 is 19.9 Å². The number of nitrogens with one attached hydrogen (secondary N) is 1. The van der Waals surface area contributed by atoms with Gasteiger partial charge in [0.15, 0.2) is 11.6 Å². The molecule has 2 aromatic carbocycles. The number of hydrogen-bond acceptors (Lipinski definition) is 8. The normalized spacial score (nSPS) is 27.5. The van der Waals surface area contributed by atoms with Crippen molar-refractivity contribution in [3.05, 3.63) is 47.2 Å². The monoisotopic (exact) mass is 541 g/mol. The van der Waals surface area contributed by atoms with Gasteiger partial charge in [0.25, 0.3) is 0 Å². The number of aromatic hydroxyl groups is 1. The van der Waals surface area contributed by atoms with Crippen LogP contribution in [0.5, 0.6) is 11.8 Å². The molecule has 1 aromatic heterocycles. The van der Waals surface area contributed by atoms with Gasteiger partial charge in [-0.05, 0) is 63.1 Å². The van der Waals surface area contributed by atoms with Gasteiger partial charge in [0.1, 0.15) is 18.1 Å². The lowest BCUT2D eigenvalue weighted by molar-refractivity contribution is 0.187. The number of phenols is 1. The quantitative estimate of drug-likeness (QED) is 0.508. The second-order valence-electron chi connectivity index (χ2n) is 11.0. The highest BCUT2D eigenvalue weighted by Gasteiger charge is 2.36. The third-order valence-corrected chi connectivity index (χ3v) is 8.39. The standard InChI is InChI=1S/C29H34F2N6O2/c1-35-9-2-3-20(35)16-39-29-33-24-15-36(25-12-21(38)11-17-4-7-23(30)27(31)26(17)25)10-8-22(24)28(34-29)37-13-18-5-6-19(14-37)32-18/h4,7,11-12,18-20,32,38H,2-3,5-6,8-10,13-16H2,1H3/t18-,19+,20-/m0/s1/i1D3,16D2. The fourth-order valence-corrected chi connectivity index (χ4v) is 6.49. The van der Waals surface area contributed by atoms with Crippen molar-refractivity contribution < 1.29 is 25.5 Å². The van der Waals surface area contributed by atoms with E-state index in [1.165, 1.54) is 18.2 Å². The zero-order valence-corrected chi connectivity index (χ0v) is 21.5. The minimum atomic E-state index is -2.47. The Bertz CT molecular complexity index is 1600. The van der Waals surface area contributed by atoms with Gasteiger partial charge >= 0.3 is 6.01 Å². The van der Waals surface area contributed by atoms with Crippen molar-refractivity contribution in [3.63, 3.8) is 0 Å². The average molecular weight is 542 g/mol. The van der Waals surface area contributed by atoms with Crippen LogP contribution in [0, 0.1) is 11.6 Å². The fourth-order valence-electron chi connectivity index (χ4n) is 6.49. The minimum absolute atomic E-state index is 0.0537. The third-order valence-electron chi connectivity index (χ3n) is 8.39. The summed E-state index contributed by atoms with van der Waals surface area (Å²) in [4.78, 5) is 14.5. The molecule has 4 aliphatic rings. The molecule has 5 heterocycles. The predicted molar refractivity (Wildman–Crippen MR) is 146 cm³/mol. The molecule has 0 saturated carbocycles. The van der Waals surface area contributed by atoms with Gasteiger partial charge in [0.2, 0.25) is 0 Å². The van der Waals surface area contributed by atoms with Crippen molar-refractivity contribution >= 4 is 22.3 Å². The van der Waals surface area contributed by atoms with E-state index in [9.17, 15) is 9.50 Å². The van der Waals surface area contributed by atoms with Crippen molar-refractivity contribution in [1.82, 2.24) is 20.2 Å². The molecule has 7 rings (SSSR count). The maximum atomic E-state index is 15.1. The molecule has 0 amide bonds. The van der Waals surface area contributed by atoms with E-state index in [1.54, 1.807) is 0 Å². The summed E-state index contributed by atoms with van der Waals surface area (Å²) in [5.74, 6) is -1.43. The third kappa shape index (κ3) is 4.53. The van der Waals surface area contributed by atoms with E-state index in [4.69, 9.17) is 16.6 Å². The Morgan fingerprint density at radius 1 is 1.13 bits per heavy atom. The first-order valence-corrected chi connectivity index (χ1v) is 13.6. The van der Waals surface area contributed by atoms with Gasteiger partial charge in [-0.15, -0.1) is 0 Å². The number of nitrogens with zero attached hydrogens (tertiary/aromatic N) is 5. The Morgan fingerprint density at radius 3 is 2.79 bits per heavy atom. The number of ether oxygens (including phenoxy) is 1. The van der Waals surface area contributed by atoms with Crippen molar-refractivity contribution in [1.29, 1.82) is 0 Å². The number of fused-ring (bicyclic) bond motifs is 4. The van der Waals surface area contributed by atoms with Gasteiger partial charge in [0, 0.05) is 58.9 Å². The summed E-state index contributed by atoms with van der Waals surface area (Å²) in [6, 6.07) is 4.64. The molecule has 0 radical (unpaired) electrons. The molecule has 2 bridgehead atoms. The maximum Gasteiger partial charge on any atom is 0.318 e. The highest BCUT2D eigenvalue weighted by atomic mass is 19.2. The van der Waals surface area contributed by atoms with Gasteiger partial charge in [-0.3, -0.25) is 0 Å². The first kappa shape index (κ1) is 19.8. The summed E-state index contributed by atoms with van der Waals surface area (Å²) in [5, 5.41) is 14.5. The first-order chi connectivity index (χ1) is 20.9. The Morgan fingerprint density at radius 2 is 1.97 bits per heavy atom. The number of halogens is 2. The number of anilines is 2. The van der Waals surface area contributed by atoms with Gasteiger partial charge in [-0.25, -0.2) is 8.78 Å². The summed E-state index contributed by atoms with van der Waals surface area (Å²) in [6.07, 6.45) is 3.40. The second-order valence-corrected chi connectivity index (χ2v) is 11.0. The van der Waals surface area contributed by atoms with Crippen LogP contribution in [0.2, 0.25) is 0 Å². The minimum Gasteiger partial charge on any atom is -0.508 e. The van der Waals surface area contributed by atoms with Crippen LogP contribution in [0.4, 0.5) is 20.3 Å². The topological polar surface area (TPSA) is 77.0 Å². The summed E-state index contributed by atoms with van der Waals surface area (Å²) in [5.41, 5.74) is 1.74. The number of likely N-dealkylation sites (tertiary alicyclic amines) is 1. The van der Waals surface area contributed by atoms with Crippen LogP contribution in [0.3, 0.4) is 0 Å². The predicted octanol–water partition coefficient (Wildman–Crippen LogP) is 3.59. The molecular formula is C29H34F2N6O2. The van der Waals surface area contributed by atoms with Gasteiger partial charge in [0.05, 0.1) is 20.7 Å². The van der Waals surface area contributed by atoms with E-state index in [0.29, 0.717) is 73.6 Å². The summed E-state index contributed by atoms with van der Waals surface area (Å²) in [6.45, 7) is -2.63. The smallest absolute Gasteiger partial charge is 0.318 e. The number of benzene rings is 2. The zero-order chi connectivity index (χ0) is 31.0. The lowest BCUT2D eigenvalue weighted by Crippen LogP contribution is -2.52. The number of rotatable bonds is 5. The van der Waals surface area contributed by atoms with Gasteiger partial charge in [-0.2, -0.15) is 9.97 Å². The SMILES string of the molecule is [2H]C([2H])(Oc1nc2c(c(N3C[C@H]4CC[C@@H](C3)N4)n1)CCN(c1cc(O)cc3ccc(F)c(F)c13)C2)[C@@H]1CCCN1C([2H])([2H])[2H]. The van der Waals surface area contributed by atoms with E-state index in [1.807, 2.05) is 4.90 Å². The summed E-state index contributed by atoms with van der Waals surface area (Å²) in [7, 11) is 0. The van der Waals surface area contributed by atoms with E-state index in [2.05, 4.69) is 15.2 Å². The molecule has 0 spiro atoms. The van der Waals surface area contributed by atoms with E-state index >= 15 is 4.39 Å². The van der Waals surface area contributed by atoms with Crippen LogP contribution in [-0.2, 0) is 13.0 Å². The van der Waals surface area contributed by atoms with E-state index in [-0.39, 0.29) is 30.2 Å². The Hall–Kier alpha value is -3.24. The lowest BCUT2D eigenvalue weighted by atomic mass is 10.0. The number of hydrogen-bond donors (Lipinski definition) is 2. The van der Waals surface area contributed by atoms with Gasteiger partial charge < -0.3 is 29.9 Å². The number of aromatic nitrogens is 2. The molecular weight excluding hydrogens is 502 g/mol. The number of phenolic OH excluding ortho intramolecular Hbond substituents is 1. The Balaban J connectivity index is 1.27. The number of piperazine rings is 1. The molecule has 2 N–H and O–H groups in total. The van der Waals surface area contributed by atoms with Crippen LogP contribution in [0.15, 0.2) is 24.3 Å². The molecule has 3 aromatic rings. The molecule has 3 saturated heterocycles. The van der Waals surface area contributed by atoms with Crippen LogP contribution in [0.25, 0.3) is 10.8 Å². The van der Waals surface area contributed by atoms with Crippen molar-refractivity contribution in [2.45, 2.75) is 56.8 Å². The largest absolute Gasteiger partial charge is 0.508 e. The second kappa shape index (κ2) is 9.75. The molecule has 10 heteroatoms. The van der Waals surface area contributed by atoms with Crippen molar-refractivity contribution in [3.8, 4) is 11.8 Å². The fraction of sp³-hybridized carbons (Fsp3) is 0.517. The summed E-state index contributed by atoms with van der Waals surface area (Å²) >= 11 is 0. The summed E-state index contributed by atoms with van der Waals surface area (Å²) < 4.78 is 76.5. The lowest BCUT2D eigenvalue weighted by Gasteiger charge is -2.37. The molecule has 0 aliphatic carbocycles. The van der Waals surface area contributed by atoms with E-state index < -0.39 is 31.2 Å². The van der Waals surface area contributed by atoms with Gasteiger partial charge in [-0.1, -0.05) is 6.07 Å². The highest BCUT2D eigenvalue weighted by Crippen LogP contribution is 2.38. The average Bonchev–Trinajstić information content (AvgIpc) is 3.61. The van der Waals surface area contributed by atoms with Crippen LogP contribution in [0.1, 0.15) is 43.8 Å².